The molecule has 0 bridgehead atoms. The number of rotatable bonds is 4. The van der Waals surface area contributed by atoms with Gasteiger partial charge in [0.15, 0.2) is 0 Å². The van der Waals surface area contributed by atoms with Gasteiger partial charge in [-0.2, -0.15) is 0 Å². The van der Waals surface area contributed by atoms with Crippen LogP contribution in [0.5, 0.6) is 0 Å². The van der Waals surface area contributed by atoms with Gasteiger partial charge in [-0.3, -0.25) is 4.21 Å². The van der Waals surface area contributed by atoms with Gasteiger partial charge in [-0.1, -0.05) is 0 Å². The van der Waals surface area contributed by atoms with E-state index >= 15 is 0 Å². The zero-order valence-electron chi connectivity index (χ0n) is 9.46. The summed E-state index contributed by atoms with van der Waals surface area (Å²) in [6.45, 7) is 0. The molecule has 118 valence electrons. The van der Waals surface area contributed by atoms with Crippen LogP contribution in [-0.4, -0.2) is 45.7 Å². The third-order valence-electron chi connectivity index (χ3n) is 0.300. The molecule has 0 saturated carbocycles. The van der Waals surface area contributed by atoms with Crippen molar-refractivity contribution in [2.24, 2.45) is 0 Å². The van der Waals surface area contributed by atoms with Crippen LogP contribution in [0.4, 0.5) is 0 Å². The van der Waals surface area contributed by atoms with Crippen LogP contribution in [0.15, 0.2) is 0 Å². The molecule has 0 aromatic heterocycles. The van der Waals surface area contributed by atoms with Crippen molar-refractivity contribution in [1.82, 2.24) is 18.5 Å². The Bertz CT molecular complexity index is 352. The molecule has 1 atom stereocenters. The lowest BCUT2D eigenvalue weighted by Gasteiger charge is -2.07. The Morgan fingerprint density at radius 3 is 1.17 bits per heavy atom. The van der Waals surface area contributed by atoms with Crippen LogP contribution in [0.2, 0.25) is 0 Å². The number of hydrogen-bond donors (Lipinski definition) is 4. The minimum atomic E-state index is -5.31. The molecule has 0 aromatic rings. The minimum absolute atomic E-state index is 0. The van der Waals surface area contributed by atoms with E-state index in [4.69, 9.17) is 13.9 Å². The van der Waals surface area contributed by atoms with Gasteiger partial charge in [0.05, 0.1) is 0 Å². The van der Waals surface area contributed by atoms with Gasteiger partial charge < -0.3 is 37.2 Å². The molecule has 0 aromatic carbocycles. The molecule has 18 heavy (non-hydrogen) atoms. The van der Waals surface area contributed by atoms with E-state index in [0.717, 1.165) is 0 Å². The number of hydrogen-bond acceptors (Lipinski definition) is 11. The van der Waals surface area contributed by atoms with Gasteiger partial charge >= 0.3 is 0 Å². The van der Waals surface area contributed by atoms with Crippen molar-refractivity contribution in [3.05, 3.63) is 0 Å². The van der Waals surface area contributed by atoms with E-state index in [0.29, 0.717) is 0 Å². The molecule has 0 fully saturated rings. The number of aliphatic hydroxyl groups excluding tert-OH is 1. The van der Waals surface area contributed by atoms with E-state index in [2.05, 4.69) is 8.67 Å². The maximum Gasteiger partial charge on any atom is 0.246 e. The summed E-state index contributed by atoms with van der Waals surface area (Å²) in [7, 11) is -10.6. The van der Waals surface area contributed by atoms with Crippen LogP contribution in [0, 0.1) is 0 Å². The fourth-order valence-corrected chi connectivity index (χ4v) is 0.612. The summed E-state index contributed by atoms with van der Waals surface area (Å²) in [6, 6.07) is 0. The average molecular weight is 341 g/mol. The van der Waals surface area contributed by atoms with E-state index in [9.17, 15) is 25.9 Å². The Kier molecular flexibility index (Phi) is 22.3. The smallest absolute Gasteiger partial charge is 0.246 e. The predicted octanol–water partition coefficient (Wildman–Crippen LogP) is -2.20. The topological polar surface area (TPSA) is 303 Å². The minimum Gasteiger partial charge on any atom is -0.771 e. The molecule has 0 spiro atoms. The quantitative estimate of drug-likeness (QED) is 0.139. The van der Waals surface area contributed by atoms with Crippen molar-refractivity contribution < 1.29 is 48.5 Å². The van der Waals surface area contributed by atoms with Crippen molar-refractivity contribution in [2.45, 2.75) is 0 Å². The second kappa shape index (κ2) is 13.1. The Morgan fingerprint density at radius 1 is 0.944 bits per heavy atom. The maximum absolute atomic E-state index is 9.37. The second-order valence-electron chi connectivity index (χ2n) is 1.39. The standard InChI is InChI=1S/CH4O3S.3H3N.H2O8S2/c2-1-5(3)4;;;;1-9(2,3)7-8-10(4,5)6/h2H,1H2,(H,3,4);3*1H3;(H,1,2,3)(H,4,5,6). The lowest BCUT2D eigenvalue weighted by atomic mass is 11.7. The van der Waals surface area contributed by atoms with Crippen LogP contribution in [0.1, 0.15) is 0 Å². The average Bonchev–Trinajstić information content (AvgIpc) is 2.00. The summed E-state index contributed by atoms with van der Waals surface area (Å²) in [5.74, 6) is -0.778. The van der Waals surface area contributed by atoms with Crippen LogP contribution in [0.25, 0.3) is 0 Å². The normalized spacial score (nSPS) is 11.6. The van der Waals surface area contributed by atoms with Crippen LogP contribution < -0.4 is 18.5 Å². The molecule has 0 saturated heterocycles. The molecular formula is CH15N3O11S3. The highest BCUT2D eigenvalue weighted by Gasteiger charge is 1.99. The van der Waals surface area contributed by atoms with Gasteiger partial charge in [-0.25, -0.2) is 16.8 Å². The van der Waals surface area contributed by atoms with Gasteiger partial charge in [0.2, 0.25) is 20.8 Å². The molecule has 1 unspecified atom stereocenters. The molecule has 0 aliphatic heterocycles. The van der Waals surface area contributed by atoms with Gasteiger partial charge in [0.25, 0.3) is 0 Å². The fraction of sp³-hybridized carbons (Fsp3) is 1.00. The highest BCUT2D eigenvalue weighted by atomic mass is 32.3. The molecule has 13 N–H and O–H groups in total. The summed E-state index contributed by atoms with van der Waals surface area (Å²) < 4.78 is 79.7. The van der Waals surface area contributed by atoms with Crippen molar-refractivity contribution >= 4 is 31.9 Å². The van der Waals surface area contributed by atoms with Gasteiger partial charge in [-0.15, -0.1) is 8.67 Å². The molecule has 0 radical (unpaired) electrons. The Hall–Kier alpha value is -0.310. The third kappa shape index (κ3) is 44.8. The molecule has 0 heterocycles. The van der Waals surface area contributed by atoms with Crippen LogP contribution in [-0.2, 0) is 40.5 Å². The van der Waals surface area contributed by atoms with Gasteiger partial charge in [-0.05, 0) is 11.1 Å². The summed E-state index contributed by atoms with van der Waals surface area (Å²) in [4.78, 5) is 0. The summed E-state index contributed by atoms with van der Waals surface area (Å²) in [5.41, 5.74) is 0. The molecule has 14 nitrogen and oxygen atoms in total. The number of quaternary nitrogens is 3. The first-order valence-electron chi connectivity index (χ1n) is 2.44. The summed E-state index contributed by atoms with van der Waals surface area (Å²) >= 11 is -2.27. The Morgan fingerprint density at radius 2 is 1.11 bits per heavy atom. The van der Waals surface area contributed by atoms with E-state index in [1.807, 2.05) is 0 Å². The Labute approximate surface area is 105 Å². The van der Waals surface area contributed by atoms with Crippen molar-refractivity contribution in [2.75, 3.05) is 5.94 Å². The van der Waals surface area contributed by atoms with E-state index < -0.39 is 37.8 Å². The van der Waals surface area contributed by atoms with E-state index in [1.54, 1.807) is 0 Å². The molecule has 17 heteroatoms. The number of aliphatic hydroxyl groups is 1. The van der Waals surface area contributed by atoms with Gasteiger partial charge in [0, 0.05) is 0 Å². The molecule has 0 amide bonds. The monoisotopic (exact) mass is 341 g/mol. The molecule has 0 aliphatic rings. The van der Waals surface area contributed by atoms with Gasteiger partial charge in [0.1, 0.15) is 5.94 Å². The first-order valence-corrected chi connectivity index (χ1v) is 6.35. The van der Waals surface area contributed by atoms with E-state index in [-0.39, 0.29) is 18.5 Å². The highest BCUT2D eigenvalue weighted by molar-refractivity contribution is 7.83. The predicted molar refractivity (Wildman–Crippen MR) is 55.5 cm³/mol. The van der Waals surface area contributed by atoms with Crippen molar-refractivity contribution in [3.8, 4) is 0 Å². The molecule has 0 aliphatic carbocycles. The Balaban J connectivity index is -0.0000000621. The largest absolute Gasteiger partial charge is 0.771 e. The maximum atomic E-state index is 9.37. The molecule has 0 rings (SSSR count). The highest BCUT2D eigenvalue weighted by Crippen LogP contribution is 1.92. The van der Waals surface area contributed by atoms with Crippen molar-refractivity contribution in [1.29, 1.82) is 0 Å². The lowest BCUT2D eigenvalue weighted by Crippen LogP contribution is -2.10. The van der Waals surface area contributed by atoms with Crippen molar-refractivity contribution in [3.63, 3.8) is 0 Å². The second-order valence-corrected chi connectivity index (χ2v) is 4.16. The third-order valence-corrected chi connectivity index (χ3v) is 1.07. The summed E-state index contributed by atoms with van der Waals surface area (Å²) in [6.07, 6.45) is 0. The fourth-order valence-electron chi connectivity index (χ4n) is 0.0680. The zero-order chi connectivity index (χ0) is 12.7. The first-order chi connectivity index (χ1) is 6.48. The lowest BCUT2D eigenvalue weighted by molar-refractivity contribution is -0.107. The van der Waals surface area contributed by atoms with Crippen LogP contribution in [0.3, 0.4) is 0 Å². The SMILES string of the molecule is O=S(=O)([O-])OOS(=O)(=O)[O-].O=S([O-])CO.[NH4+].[NH4+].[NH4+]. The van der Waals surface area contributed by atoms with E-state index in [1.165, 1.54) is 0 Å². The first kappa shape index (κ1) is 30.6. The van der Waals surface area contributed by atoms with Crippen LogP contribution >= 0.6 is 0 Å². The molecular weight excluding hydrogens is 326 g/mol. The zero-order valence-corrected chi connectivity index (χ0v) is 11.9. The summed E-state index contributed by atoms with van der Waals surface area (Å²) in [5, 5.41) is 7.53.